The third kappa shape index (κ3) is 4.61. The summed E-state index contributed by atoms with van der Waals surface area (Å²) in [5.41, 5.74) is 1.94. The van der Waals surface area contributed by atoms with E-state index in [2.05, 4.69) is 22.4 Å². The van der Waals surface area contributed by atoms with Crippen molar-refractivity contribution in [3.8, 4) is 0 Å². The molecule has 6 heteroatoms. The Bertz CT molecular complexity index is 599. The molecule has 0 saturated carbocycles. The molecule has 0 spiro atoms. The third-order valence-electron chi connectivity index (χ3n) is 3.20. The number of hydrogen-bond acceptors (Lipinski definition) is 4. The summed E-state index contributed by atoms with van der Waals surface area (Å²) >= 11 is 1.60. The number of aliphatic hydroxyl groups is 1. The van der Waals surface area contributed by atoms with Gasteiger partial charge >= 0.3 is 0 Å². The Balaban J connectivity index is 1.98. The Morgan fingerprint density at radius 3 is 2.82 bits per heavy atom. The Labute approximate surface area is 134 Å². The number of nitrogens with one attached hydrogen (secondary N) is 1. The molecule has 0 bridgehead atoms. The summed E-state index contributed by atoms with van der Waals surface area (Å²) in [6, 6.07) is 10.3. The Kier molecular flexibility index (Phi) is 6.48. The number of imidazole rings is 1. The summed E-state index contributed by atoms with van der Waals surface area (Å²) in [5, 5.41) is 12.9. The van der Waals surface area contributed by atoms with E-state index < -0.39 is 0 Å². The molecular weight excluding hydrogens is 298 g/mol. The lowest BCUT2D eigenvalue weighted by Gasteiger charge is -2.10. The number of aryl methyl sites for hydroxylation is 1. The number of carbonyl (C=O) groups is 1. The minimum absolute atomic E-state index is 0.0693. The van der Waals surface area contributed by atoms with E-state index in [1.165, 1.54) is 5.56 Å². The SMILES string of the molecule is CCNC(=O)Cn1c(CO)cnc1SCCc1ccccc1. The average molecular weight is 319 g/mol. The number of amides is 1. The molecule has 5 nitrogen and oxygen atoms in total. The summed E-state index contributed by atoms with van der Waals surface area (Å²) in [6.45, 7) is 2.55. The normalized spacial score (nSPS) is 10.6. The number of likely N-dealkylation sites (N-methyl/N-ethyl adjacent to an activating group) is 1. The Hall–Kier alpha value is -1.79. The summed E-state index contributed by atoms with van der Waals surface area (Å²) in [5.74, 6) is 0.807. The largest absolute Gasteiger partial charge is 0.390 e. The van der Waals surface area contributed by atoms with Crippen LogP contribution in [0.3, 0.4) is 0 Å². The summed E-state index contributed by atoms with van der Waals surface area (Å²) in [7, 11) is 0. The van der Waals surface area contributed by atoms with Crippen LogP contribution in [0.15, 0.2) is 41.7 Å². The van der Waals surface area contributed by atoms with Gasteiger partial charge < -0.3 is 15.0 Å². The molecule has 22 heavy (non-hydrogen) atoms. The number of hydrogen-bond donors (Lipinski definition) is 2. The highest BCUT2D eigenvalue weighted by atomic mass is 32.2. The van der Waals surface area contributed by atoms with E-state index in [4.69, 9.17) is 0 Å². The van der Waals surface area contributed by atoms with Crippen molar-refractivity contribution in [3.63, 3.8) is 0 Å². The highest BCUT2D eigenvalue weighted by molar-refractivity contribution is 7.99. The number of benzene rings is 1. The summed E-state index contributed by atoms with van der Waals surface area (Å²) < 4.78 is 1.78. The lowest BCUT2D eigenvalue weighted by atomic mass is 10.2. The average Bonchev–Trinajstić information content (AvgIpc) is 2.90. The van der Waals surface area contributed by atoms with Crippen molar-refractivity contribution in [3.05, 3.63) is 47.8 Å². The second-order valence-electron chi connectivity index (χ2n) is 4.81. The minimum atomic E-state index is -0.119. The van der Waals surface area contributed by atoms with E-state index in [9.17, 15) is 9.90 Å². The number of carbonyl (C=O) groups excluding carboxylic acids is 1. The van der Waals surface area contributed by atoms with Crippen molar-refractivity contribution >= 4 is 17.7 Å². The molecule has 1 aromatic carbocycles. The molecule has 0 aliphatic heterocycles. The minimum Gasteiger partial charge on any atom is -0.390 e. The van der Waals surface area contributed by atoms with Crippen molar-refractivity contribution in [2.45, 2.75) is 31.7 Å². The van der Waals surface area contributed by atoms with Gasteiger partial charge in [0.1, 0.15) is 6.54 Å². The fraction of sp³-hybridized carbons (Fsp3) is 0.375. The molecule has 0 atom stereocenters. The molecule has 1 amide bonds. The van der Waals surface area contributed by atoms with Crippen LogP contribution in [0.1, 0.15) is 18.2 Å². The zero-order valence-electron chi connectivity index (χ0n) is 12.7. The van der Waals surface area contributed by atoms with Gasteiger partial charge in [-0.1, -0.05) is 42.1 Å². The molecule has 1 heterocycles. The Morgan fingerprint density at radius 2 is 2.14 bits per heavy atom. The first-order valence-corrected chi connectivity index (χ1v) is 8.31. The fourth-order valence-electron chi connectivity index (χ4n) is 2.10. The van der Waals surface area contributed by atoms with Gasteiger partial charge in [0.05, 0.1) is 18.5 Å². The molecule has 0 aliphatic carbocycles. The molecule has 2 aromatic rings. The van der Waals surface area contributed by atoms with Crippen LogP contribution in [-0.2, 0) is 24.4 Å². The van der Waals surface area contributed by atoms with E-state index in [-0.39, 0.29) is 19.1 Å². The summed E-state index contributed by atoms with van der Waals surface area (Å²) in [6.07, 6.45) is 2.57. The second-order valence-corrected chi connectivity index (χ2v) is 5.88. The number of thioether (sulfide) groups is 1. The number of nitrogens with zero attached hydrogens (tertiary/aromatic N) is 2. The van der Waals surface area contributed by atoms with Gasteiger partial charge in [0, 0.05) is 12.3 Å². The first-order valence-electron chi connectivity index (χ1n) is 7.33. The van der Waals surface area contributed by atoms with Gasteiger partial charge in [0.15, 0.2) is 5.16 Å². The topological polar surface area (TPSA) is 67.2 Å². The maximum absolute atomic E-state index is 11.8. The molecule has 0 radical (unpaired) electrons. The zero-order valence-corrected chi connectivity index (χ0v) is 13.5. The quantitative estimate of drug-likeness (QED) is 0.729. The van der Waals surface area contributed by atoms with Crippen LogP contribution in [0.25, 0.3) is 0 Å². The maximum atomic E-state index is 11.8. The monoisotopic (exact) mass is 319 g/mol. The fourth-order valence-corrected chi connectivity index (χ4v) is 3.09. The zero-order chi connectivity index (χ0) is 15.8. The van der Waals surface area contributed by atoms with Gasteiger partial charge in [-0.15, -0.1) is 0 Å². The van der Waals surface area contributed by atoms with Crippen LogP contribution < -0.4 is 5.32 Å². The predicted octanol–water partition coefficient (Wildman–Crippen LogP) is 1.85. The second kappa shape index (κ2) is 8.60. The van der Waals surface area contributed by atoms with E-state index in [0.717, 1.165) is 17.3 Å². The van der Waals surface area contributed by atoms with E-state index in [1.807, 2.05) is 25.1 Å². The van der Waals surface area contributed by atoms with Crippen molar-refractivity contribution in [1.29, 1.82) is 0 Å². The molecule has 118 valence electrons. The standard InChI is InChI=1S/C16H21N3O2S/c1-2-17-15(21)11-19-14(12-20)10-18-16(19)22-9-8-13-6-4-3-5-7-13/h3-7,10,20H,2,8-9,11-12H2,1H3,(H,17,21). The van der Waals surface area contributed by atoms with Crippen LogP contribution in [0.2, 0.25) is 0 Å². The van der Waals surface area contributed by atoms with Crippen LogP contribution in [0.4, 0.5) is 0 Å². The van der Waals surface area contributed by atoms with Gasteiger partial charge in [-0.2, -0.15) is 0 Å². The molecular formula is C16H21N3O2S. The van der Waals surface area contributed by atoms with Crippen LogP contribution in [0, 0.1) is 0 Å². The van der Waals surface area contributed by atoms with Crippen molar-refractivity contribution in [2.24, 2.45) is 0 Å². The highest BCUT2D eigenvalue weighted by Gasteiger charge is 2.13. The van der Waals surface area contributed by atoms with Crippen molar-refractivity contribution in [2.75, 3.05) is 12.3 Å². The third-order valence-corrected chi connectivity index (χ3v) is 4.20. The number of rotatable bonds is 8. The predicted molar refractivity (Wildman–Crippen MR) is 87.7 cm³/mol. The van der Waals surface area contributed by atoms with E-state index in [1.54, 1.807) is 22.5 Å². The lowest BCUT2D eigenvalue weighted by molar-refractivity contribution is -0.121. The molecule has 0 saturated heterocycles. The van der Waals surface area contributed by atoms with Crippen molar-refractivity contribution in [1.82, 2.24) is 14.9 Å². The van der Waals surface area contributed by atoms with Crippen molar-refractivity contribution < 1.29 is 9.90 Å². The molecule has 0 fully saturated rings. The molecule has 2 N–H and O–H groups in total. The van der Waals surface area contributed by atoms with Gasteiger partial charge in [-0.25, -0.2) is 4.98 Å². The molecule has 2 rings (SSSR count). The summed E-state index contributed by atoms with van der Waals surface area (Å²) in [4.78, 5) is 16.1. The Morgan fingerprint density at radius 1 is 1.36 bits per heavy atom. The lowest BCUT2D eigenvalue weighted by Crippen LogP contribution is -2.28. The highest BCUT2D eigenvalue weighted by Crippen LogP contribution is 2.20. The van der Waals surface area contributed by atoms with Gasteiger partial charge in [0.2, 0.25) is 5.91 Å². The van der Waals surface area contributed by atoms with E-state index >= 15 is 0 Å². The van der Waals surface area contributed by atoms with Crippen LogP contribution >= 0.6 is 11.8 Å². The molecule has 0 aliphatic rings. The van der Waals surface area contributed by atoms with Gasteiger partial charge in [0.25, 0.3) is 0 Å². The van der Waals surface area contributed by atoms with Gasteiger partial charge in [-0.05, 0) is 18.9 Å². The van der Waals surface area contributed by atoms with E-state index in [0.29, 0.717) is 12.2 Å². The number of aromatic nitrogens is 2. The molecule has 1 aromatic heterocycles. The van der Waals surface area contributed by atoms with Gasteiger partial charge in [-0.3, -0.25) is 4.79 Å². The molecule has 0 unspecified atom stereocenters. The first-order chi connectivity index (χ1) is 10.7. The van der Waals surface area contributed by atoms with Crippen LogP contribution in [-0.4, -0.2) is 32.9 Å². The first kappa shape index (κ1) is 16.6. The number of aliphatic hydroxyl groups excluding tert-OH is 1. The smallest absolute Gasteiger partial charge is 0.240 e. The van der Waals surface area contributed by atoms with Crippen LogP contribution in [0.5, 0.6) is 0 Å². The maximum Gasteiger partial charge on any atom is 0.240 e.